The average Bonchev–Trinajstić information content (AvgIpc) is 2.67. The molecular formula is C21H33ClN4O. The predicted molar refractivity (Wildman–Crippen MR) is 111 cm³/mol. The van der Waals surface area contributed by atoms with E-state index >= 15 is 0 Å². The lowest BCUT2D eigenvalue weighted by atomic mass is 9.95. The Morgan fingerprint density at radius 1 is 1.11 bits per heavy atom. The van der Waals surface area contributed by atoms with E-state index in [1.54, 1.807) is 0 Å². The molecule has 2 aliphatic rings. The lowest BCUT2D eigenvalue weighted by Crippen LogP contribution is -2.45. The molecule has 2 saturated heterocycles. The van der Waals surface area contributed by atoms with Crippen LogP contribution in [0.2, 0.25) is 5.02 Å². The van der Waals surface area contributed by atoms with E-state index in [4.69, 9.17) is 11.6 Å². The van der Waals surface area contributed by atoms with Crippen molar-refractivity contribution >= 4 is 17.5 Å². The first-order valence-electron chi connectivity index (χ1n) is 10.3. The lowest BCUT2D eigenvalue weighted by Gasteiger charge is -2.32. The summed E-state index contributed by atoms with van der Waals surface area (Å²) < 4.78 is 0. The zero-order chi connectivity index (χ0) is 19.1. The van der Waals surface area contributed by atoms with Crippen molar-refractivity contribution in [3.05, 3.63) is 34.9 Å². The van der Waals surface area contributed by atoms with Gasteiger partial charge in [-0.15, -0.1) is 0 Å². The van der Waals surface area contributed by atoms with Crippen molar-refractivity contribution in [3.8, 4) is 0 Å². The summed E-state index contributed by atoms with van der Waals surface area (Å²) in [5.41, 5.74) is 1.24. The van der Waals surface area contributed by atoms with E-state index in [9.17, 15) is 4.79 Å². The number of hydrogen-bond donors (Lipinski definition) is 1. The number of rotatable bonds is 7. The molecule has 0 aromatic heterocycles. The molecule has 1 amide bonds. The minimum Gasteiger partial charge on any atom is -0.356 e. The van der Waals surface area contributed by atoms with Crippen molar-refractivity contribution in [2.45, 2.75) is 25.8 Å². The molecule has 3 rings (SSSR count). The molecule has 0 aliphatic carbocycles. The zero-order valence-corrected chi connectivity index (χ0v) is 17.3. The van der Waals surface area contributed by atoms with E-state index in [-0.39, 0.29) is 11.8 Å². The van der Waals surface area contributed by atoms with Gasteiger partial charge in [-0.3, -0.25) is 9.69 Å². The topological polar surface area (TPSA) is 38.8 Å². The standard InChI is InChI=1S/C21H33ClN4O/c1-24-12-14-25(15-13-24)9-3-8-23-21(27)19-6-10-26(11-7-19)17-18-4-2-5-20(22)16-18/h2,4-5,16,19H,3,6-15,17H2,1H3,(H,23,27). The quantitative estimate of drug-likeness (QED) is 0.723. The van der Waals surface area contributed by atoms with Crippen LogP contribution in [0.1, 0.15) is 24.8 Å². The molecule has 2 aliphatic heterocycles. The third-order valence-corrected chi connectivity index (χ3v) is 6.03. The predicted octanol–water partition coefficient (Wildman–Crippen LogP) is 2.31. The summed E-state index contributed by atoms with van der Waals surface area (Å²) in [7, 11) is 2.18. The molecule has 2 heterocycles. The second-order valence-electron chi connectivity index (χ2n) is 7.97. The molecule has 0 radical (unpaired) electrons. The van der Waals surface area contributed by atoms with Crippen LogP contribution in [0.25, 0.3) is 0 Å². The van der Waals surface area contributed by atoms with E-state index in [2.05, 4.69) is 33.1 Å². The Bertz CT molecular complexity index is 596. The largest absolute Gasteiger partial charge is 0.356 e. The molecule has 2 fully saturated rings. The third kappa shape index (κ3) is 6.75. The summed E-state index contributed by atoms with van der Waals surface area (Å²) in [5, 5.41) is 3.95. The fraction of sp³-hybridized carbons (Fsp3) is 0.667. The molecule has 1 N–H and O–H groups in total. The van der Waals surface area contributed by atoms with Crippen LogP contribution in [0.15, 0.2) is 24.3 Å². The number of piperazine rings is 1. The van der Waals surface area contributed by atoms with Crippen LogP contribution < -0.4 is 5.32 Å². The summed E-state index contributed by atoms with van der Waals surface area (Å²) in [6, 6.07) is 8.05. The smallest absolute Gasteiger partial charge is 0.223 e. The minimum absolute atomic E-state index is 0.171. The Balaban J connectivity index is 1.29. The number of carbonyl (C=O) groups excluding carboxylic acids is 1. The Morgan fingerprint density at radius 2 is 1.85 bits per heavy atom. The van der Waals surface area contributed by atoms with Crippen molar-refractivity contribution in [1.82, 2.24) is 20.0 Å². The van der Waals surface area contributed by atoms with Crippen molar-refractivity contribution in [3.63, 3.8) is 0 Å². The highest BCUT2D eigenvalue weighted by Gasteiger charge is 2.24. The number of likely N-dealkylation sites (tertiary alicyclic amines) is 1. The van der Waals surface area contributed by atoms with E-state index < -0.39 is 0 Å². The maximum Gasteiger partial charge on any atom is 0.223 e. The zero-order valence-electron chi connectivity index (χ0n) is 16.5. The van der Waals surface area contributed by atoms with Crippen molar-refractivity contribution in [2.75, 3.05) is 59.4 Å². The second-order valence-corrected chi connectivity index (χ2v) is 8.41. The van der Waals surface area contributed by atoms with Gasteiger partial charge in [-0.25, -0.2) is 0 Å². The lowest BCUT2D eigenvalue weighted by molar-refractivity contribution is -0.126. The highest BCUT2D eigenvalue weighted by Crippen LogP contribution is 2.20. The van der Waals surface area contributed by atoms with Crippen LogP contribution in [0.5, 0.6) is 0 Å². The third-order valence-electron chi connectivity index (χ3n) is 5.80. The van der Waals surface area contributed by atoms with Crippen molar-refractivity contribution < 1.29 is 4.79 Å². The van der Waals surface area contributed by atoms with Gasteiger partial charge in [-0.2, -0.15) is 0 Å². The SMILES string of the molecule is CN1CCN(CCCNC(=O)C2CCN(Cc3cccc(Cl)c3)CC2)CC1. The normalized spacial score (nSPS) is 20.7. The van der Waals surface area contributed by atoms with Gasteiger partial charge in [0.25, 0.3) is 0 Å². The summed E-state index contributed by atoms with van der Waals surface area (Å²) in [5.74, 6) is 0.417. The Hall–Kier alpha value is -1.14. The molecule has 0 spiro atoms. The molecule has 5 nitrogen and oxygen atoms in total. The summed E-state index contributed by atoms with van der Waals surface area (Å²) >= 11 is 6.07. The van der Waals surface area contributed by atoms with Gasteiger partial charge in [-0.05, 0) is 63.6 Å². The van der Waals surface area contributed by atoms with Crippen molar-refractivity contribution in [2.24, 2.45) is 5.92 Å². The maximum atomic E-state index is 12.4. The summed E-state index contributed by atoms with van der Waals surface area (Å²) in [6.07, 6.45) is 2.94. The van der Waals surface area contributed by atoms with Gasteiger partial charge < -0.3 is 15.1 Å². The Morgan fingerprint density at radius 3 is 2.56 bits per heavy atom. The first-order valence-corrected chi connectivity index (χ1v) is 10.6. The minimum atomic E-state index is 0.171. The monoisotopic (exact) mass is 392 g/mol. The number of nitrogens with zero attached hydrogens (tertiary/aromatic N) is 3. The summed E-state index contributed by atoms with van der Waals surface area (Å²) in [6.45, 7) is 9.36. The van der Waals surface area contributed by atoms with E-state index in [1.807, 2.05) is 18.2 Å². The van der Waals surface area contributed by atoms with Crippen LogP contribution in [0, 0.1) is 5.92 Å². The number of carbonyl (C=O) groups is 1. The van der Waals surface area contributed by atoms with E-state index in [0.29, 0.717) is 0 Å². The fourth-order valence-corrected chi connectivity index (χ4v) is 4.19. The van der Waals surface area contributed by atoms with Gasteiger partial charge in [0.15, 0.2) is 0 Å². The Kier molecular flexibility index (Phi) is 7.94. The van der Waals surface area contributed by atoms with Crippen LogP contribution in [-0.4, -0.2) is 80.0 Å². The van der Waals surface area contributed by atoms with Crippen LogP contribution in [0.4, 0.5) is 0 Å². The summed E-state index contributed by atoms with van der Waals surface area (Å²) in [4.78, 5) is 19.7. The number of halogens is 1. The number of benzene rings is 1. The Labute approximate surface area is 168 Å². The van der Waals surface area contributed by atoms with Gasteiger partial charge in [-0.1, -0.05) is 23.7 Å². The molecule has 27 heavy (non-hydrogen) atoms. The van der Waals surface area contributed by atoms with Crippen LogP contribution in [0.3, 0.4) is 0 Å². The maximum absolute atomic E-state index is 12.4. The number of nitrogens with one attached hydrogen (secondary N) is 1. The number of piperidine rings is 1. The molecule has 0 bridgehead atoms. The fourth-order valence-electron chi connectivity index (χ4n) is 3.98. The molecule has 6 heteroatoms. The molecule has 0 saturated carbocycles. The molecular weight excluding hydrogens is 360 g/mol. The first kappa shape index (κ1) is 20.6. The molecule has 150 valence electrons. The van der Waals surface area contributed by atoms with Gasteiger partial charge >= 0.3 is 0 Å². The van der Waals surface area contributed by atoms with Crippen molar-refractivity contribution in [1.29, 1.82) is 0 Å². The number of likely N-dealkylation sites (N-methyl/N-ethyl adjacent to an activating group) is 1. The molecule has 0 atom stereocenters. The highest BCUT2D eigenvalue weighted by atomic mass is 35.5. The van der Waals surface area contributed by atoms with Crippen LogP contribution in [-0.2, 0) is 11.3 Å². The number of amides is 1. The molecule has 0 unspecified atom stereocenters. The highest BCUT2D eigenvalue weighted by molar-refractivity contribution is 6.30. The van der Waals surface area contributed by atoms with E-state index in [0.717, 1.165) is 83.2 Å². The first-order chi connectivity index (χ1) is 13.1. The van der Waals surface area contributed by atoms with Crippen LogP contribution >= 0.6 is 11.6 Å². The molecule has 1 aromatic carbocycles. The molecule has 1 aromatic rings. The second kappa shape index (κ2) is 10.4. The van der Waals surface area contributed by atoms with Gasteiger partial charge in [0.1, 0.15) is 0 Å². The van der Waals surface area contributed by atoms with Gasteiger partial charge in [0.2, 0.25) is 5.91 Å². The van der Waals surface area contributed by atoms with E-state index in [1.165, 1.54) is 5.56 Å². The van der Waals surface area contributed by atoms with Gasteiger partial charge in [0.05, 0.1) is 0 Å². The average molecular weight is 393 g/mol. The van der Waals surface area contributed by atoms with Gasteiger partial charge in [0, 0.05) is 50.2 Å². The number of hydrogen-bond acceptors (Lipinski definition) is 4.